The van der Waals surface area contributed by atoms with Crippen LogP contribution in [0.25, 0.3) is 0 Å². The zero-order valence-electron chi connectivity index (χ0n) is 60.0. The van der Waals surface area contributed by atoms with E-state index in [4.69, 9.17) is 37.9 Å². The lowest BCUT2D eigenvalue weighted by Gasteiger charge is -2.27. The number of nitrogens with zero attached hydrogens (tertiary/aromatic N) is 3. The number of ether oxygens (including phenoxy) is 8. The lowest BCUT2D eigenvalue weighted by atomic mass is 9.96. The van der Waals surface area contributed by atoms with Crippen molar-refractivity contribution in [2.75, 3.05) is 99.0 Å². The van der Waals surface area contributed by atoms with Gasteiger partial charge in [0.1, 0.15) is 38.6 Å². The molecule has 0 heterocycles. The van der Waals surface area contributed by atoms with E-state index in [1.165, 1.54) is 19.3 Å². The summed E-state index contributed by atoms with van der Waals surface area (Å²) in [6.45, 7) is 18.7. The molecule has 0 radical (unpaired) electrons. The standard InChI is InChI=1S/C73H135N3O16/c1-10-18-26-30-36-62(34-22-14-5)60-89-68(79)44-54-85-66(77)42-48-76(59-73(84)88-57-47-71(82)92-65(39-25-17-8)41-33-29-21-13-4)53-51-74(9)50-52-75(49-43-67(78)86-56-46-70(81)91-64(38-24-16-7)40-32-28-20-12-3)58-72(83)87-55-45-69(80)90-61-63(35-23-15-6)37-31-27-19-11-2/h62-65H,10-61H2,1-9H3. The van der Waals surface area contributed by atoms with Crippen molar-refractivity contribution in [3.63, 3.8) is 0 Å². The topological polar surface area (TPSA) is 220 Å². The third-order valence-electron chi connectivity index (χ3n) is 16.8. The normalized spacial score (nSPS) is 12.7. The van der Waals surface area contributed by atoms with Crippen LogP contribution in [0.1, 0.15) is 299 Å². The summed E-state index contributed by atoms with van der Waals surface area (Å²) in [4.78, 5) is 110. The highest BCUT2D eigenvalue weighted by molar-refractivity contribution is 5.75. The van der Waals surface area contributed by atoms with Crippen LogP contribution in [-0.2, 0) is 76.3 Å². The molecule has 92 heavy (non-hydrogen) atoms. The van der Waals surface area contributed by atoms with E-state index in [9.17, 15) is 38.4 Å². The van der Waals surface area contributed by atoms with Gasteiger partial charge in [0.25, 0.3) is 0 Å². The average molecular weight is 1310 g/mol. The van der Waals surface area contributed by atoms with Crippen molar-refractivity contribution in [1.29, 1.82) is 0 Å². The van der Waals surface area contributed by atoms with Crippen molar-refractivity contribution < 1.29 is 76.3 Å². The smallest absolute Gasteiger partial charge is 0.320 e. The van der Waals surface area contributed by atoms with E-state index in [2.05, 4.69) is 55.4 Å². The van der Waals surface area contributed by atoms with E-state index in [-0.39, 0.29) is 103 Å². The molecule has 0 fully saturated rings. The van der Waals surface area contributed by atoms with Crippen LogP contribution in [0.2, 0.25) is 0 Å². The first-order chi connectivity index (χ1) is 44.5. The fourth-order valence-corrected chi connectivity index (χ4v) is 10.7. The highest BCUT2D eigenvalue weighted by Gasteiger charge is 2.22. The van der Waals surface area contributed by atoms with Crippen molar-refractivity contribution in [1.82, 2.24) is 14.7 Å². The van der Waals surface area contributed by atoms with Gasteiger partial charge < -0.3 is 42.8 Å². The molecule has 0 amide bonds. The van der Waals surface area contributed by atoms with Crippen LogP contribution >= 0.6 is 0 Å². The summed E-state index contributed by atoms with van der Waals surface area (Å²) in [5.74, 6) is -3.28. The minimum absolute atomic E-state index is 0.0656. The van der Waals surface area contributed by atoms with Gasteiger partial charge in [-0.3, -0.25) is 48.2 Å². The van der Waals surface area contributed by atoms with Crippen molar-refractivity contribution in [2.45, 2.75) is 312 Å². The Kier molecular flexibility index (Phi) is 59.8. The van der Waals surface area contributed by atoms with Gasteiger partial charge in [0, 0.05) is 39.3 Å². The molecular formula is C73H135N3O16. The molecule has 0 saturated heterocycles. The SMILES string of the molecule is CCCCCCC(CCCC)COC(=O)CCOC(=O)CCN(CCN(C)CCN(CCC(=O)OCCC(=O)OC(CCCC)CCCCCC)CC(=O)OCCC(=O)OCC(CCCC)CCCCCC)CC(=O)OCCC(=O)OC(CCCC)CCCCCC. The fraction of sp³-hybridized carbons (Fsp3) is 0.890. The summed E-state index contributed by atoms with van der Waals surface area (Å²) in [7, 11) is 1.87. The molecule has 0 bridgehead atoms. The van der Waals surface area contributed by atoms with Crippen molar-refractivity contribution in [2.24, 2.45) is 11.8 Å². The van der Waals surface area contributed by atoms with Crippen LogP contribution in [0.5, 0.6) is 0 Å². The van der Waals surface area contributed by atoms with Gasteiger partial charge in [-0.2, -0.15) is 0 Å². The third kappa shape index (κ3) is 55.0. The van der Waals surface area contributed by atoms with E-state index in [1.54, 1.807) is 9.80 Å². The Hall–Kier alpha value is -4.36. The molecule has 0 N–H and O–H groups in total. The Labute approximate surface area is 558 Å². The van der Waals surface area contributed by atoms with Gasteiger partial charge in [0.05, 0.1) is 64.8 Å². The number of esters is 8. The van der Waals surface area contributed by atoms with Crippen LogP contribution in [0.3, 0.4) is 0 Å². The molecule has 0 saturated carbocycles. The number of hydrogen-bond acceptors (Lipinski definition) is 19. The lowest BCUT2D eigenvalue weighted by Crippen LogP contribution is -2.42. The van der Waals surface area contributed by atoms with Gasteiger partial charge in [-0.25, -0.2) is 0 Å². The zero-order valence-corrected chi connectivity index (χ0v) is 60.0. The number of carbonyl (C=O) groups is 8. The second-order valence-electron chi connectivity index (χ2n) is 25.5. The average Bonchev–Trinajstić information content (AvgIpc) is 3.75. The summed E-state index contributed by atoms with van der Waals surface area (Å²) >= 11 is 0. The predicted molar refractivity (Wildman–Crippen MR) is 364 cm³/mol. The first-order valence-corrected chi connectivity index (χ1v) is 37.0. The van der Waals surface area contributed by atoms with Crippen LogP contribution in [0.4, 0.5) is 0 Å². The second-order valence-corrected chi connectivity index (χ2v) is 25.5. The predicted octanol–water partition coefficient (Wildman–Crippen LogP) is 14.8. The van der Waals surface area contributed by atoms with Gasteiger partial charge in [-0.05, 0) is 83.1 Å². The monoisotopic (exact) mass is 1310 g/mol. The molecule has 0 aliphatic carbocycles. The molecule has 0 aliphatic heterocycles. The van der Waals surface area contributed by atoms with E-state index in [1.807, 2.05) is 11.9 Å². The van der Waals surface area contributed by atoms with Crippen LogP contribution in [0.15, 0.2) is 0 Å². The second kappa shape index (κ2) is 62.7. The third-order valence-corrected chi connectivity index (χ3v) is 16.8. The van der Waals surface area contributed by atoms with Gasteiger partial charge in [0.15, 0.2) is 0 Å². The van der Waals surface area contributed by atoms with Crippen molar-refractivity contribution >= 4 is 47.8 Å². The Balaban J connectivity index is 6.04. The lowest BCUT2D eigenvalue weighted by molar-refractivity contribution is -0.155. The molecule has 0 aromatic heterocycles. The van der Waals surface area contributed by atoms with Gasteiger partial charge >= 0.3 is 47.8 Å². The minimum atomic E-state index is -0.578. The molecule has 538 valence electrons. The molecule has 0 aromatic carbocycles. The summed E-state index contributed by atoms with van der Waals surface area (Å²) < 4.78 is 45.0. The summed E-state index contributed by atoms with van der Waals surface area (Å²) in [5.41, 5.74) is 0. The van der Waals surface area contributed by atoms with E-state index in [0.717, 1.165) is 186 Å². The quantitative estimate of drug-likeness (QED) is 0.0314. The maximum atomic E-state index is 13.4. The first kappa shape index (κ1) is 87.6. The Morgan fingerprint density at radius 1 is 0.272 bits per heavy atom. The van der Waals surface area contributed by atoms with Gasteiger partial charge in [0.2, 0.25) is 0 Å². The summed E-state index contributed by atoms with van der Waals surface area (Å²) in [5, 5.41) is 0. The molecule has 4 atom stereocenters. The number of unbranched alkanes of at least 4 members (excludes halogenated alkanes) is 16. The minimum Gasteiger partial charge on any atom is -0.465 e. The fourth-order valence-electron chi connectivity index (χ4n) is 10.7. The highest BCUT2D eigenvalue weighted by Crippen LogP contribution is 2.21. The summed E-state index contributed by atoms with van der Waals surface area (Å²) in [6, 6.07) is 0. The number of rotatable bonds is 66. The van der Waals surface area contributed by atoms with Crippen LogP contribution in [0, 0.1) is 11.8 Å². The van der Waals surface area contributed by atoms with Gasteiger partial charge in [-0.1, -0.05) is 197 Å². The molecule has 0 aliphatic rings. The maximum Gasteiger partial charge on any atom is 0.320 e. The first-order valence-electron chi connectivity index (χ1n) is 37.0. The molecule has 4 unspecified atom stereocenters. The number of hydrogen-bond donors (Lipinski definition) is 0. The van der Waals surface area contributed by atoms with Crippen LogP contribution in [-0.4, -0.2) is 174 Å². The molecule has 0 rings (SSSR count). The molecule has 0 spiro atoms. The maximum absolute atomic E-state index is 13.4. The number of likely N-dealkylation sites (N-methyl/N-ethyl adjacent to an activating group) is 1. The van der Waals surface area contributed by atoms with Crippen molar-refractivity contribution in [3.8, 4) is 0 Å². The molecule has 0 aromatic rings. The largest absolute Gasteiger partial charge is 0.465 e. The Morgan fingerprint density at radius 2 is 0.543 bits per heavy atom. The van der Waals surface area contributed by atoms with E-state index < -0.39 is 47.8 Å². The summed E-state index contributed by atoms with van der Waals surface area (Å²) in [6.07, 6.45) is 32.5. The zero-order chi connectivity index (χ0) is 68.1. The molecule has 19 nitrogen and oxygen atoms in total. The van der Waals surface area contributed by atoms with E-state index >= 15 is 0 Å². The Bertz CT molecular complexity index is 1860. The number of carbonyl (C=O) groups excluding carboxylic acids is 8. The van der Waals surface area contributed by atoms with Gasteiger partial charge in [-0.15, -0.1) is 0 Å². The van der Waals surface area contributed by atoms with E-state index in [0.29, 0.717) is 51.2 Å². The van der Waals surface area contributed by atoms with Crippen LogP contribution < -0.4 is 0 Å². The molecular weight excluding hydrogens is 1170 g/mol. The molecule has 19 heteroatoms. The highest BCUT2D eigenvalue weighted by atomic mass is 16.6. The Morgan fingerprint density at radius 3 is 0.880 bits per heavy atom. The van der Waals surface area contributed by atoms with Crippen molar-refractivity contribution in [3.05, 3.63) is 0 Å².